The van der Waals surface area contributed by atoms with Crippen LogP contribution in [0.2, 0.25) is 0 Å². The SMILES string of the molecule is COc1nc(Nc2cccc(N)c2)nc(Nc2cccc(N)c2)n1. The van der Waals surface area contributed by atoms with Gasteiger partial charge in [-0.1, -0.05) is 12.1 Å². The Morgan fingerprint density at radius 2 is 1.29 bits per heavy atom. The molecule has 0 spiro atoms. The molecule has 6 N–H and O–H groups in total. The van der Waals surface area contributed by atoms with Crippen molar-refractivity contribution in [2.45, 2.75) is 0 Å². The van der Waals surface area contributed by atoms with Crippen LogP contribution in [0.5, 0.6) is 6.01 Å². The summed E-state index contributed by atoms with van der Waals surface area (Å²) in [5.74, 6) is 0.665. The van der Waals surface area contributed by atoms with E-state index in [1.54, 1.807) is 24.3 Å². The standard InChI is InChI=1S/C16H17N7O/c1-24-16-22-14(19-12-6-2-4-10(17)8-12)21-15(23-16)20-13-7-3-5-11(18)9-13/h2-9H,17-18H2,1H3,(H2,19,20,21,22,23). The molecule has 0 fully saturated rings. The zero-order valence-corrected chi connectivity index (χ0v) is 13.0. The molecule has 0 aliphatic heterocycles. The highest BCUT2D eigenvalue weighted by atomic mass is 16.5. The van der Waals surface area contributed by atoms with Crippen molar-refractivity contribution in [3.05, 3.63) is 48.5 Å². The monoisotopic (exact) mass is 323 g/mol. The molecule has 0 aliphatic carbocycles. The molecule has 1 heterocycles. The molecule has 0 bridgehead atoms. The molecule has 0 atom stereocenters. The molecular weight excluding hydrogens is 306 g/mol. The predicted octanol–water partition coefficient (Wildman–Crippen LogP) is 2.53. The first-order chi connectivity index (χ1) is 11.6. The summed E-state index contributed by atoms with van der Waals surface area (Å²) in [6.07, 6.45) is 0. The van der Waals surface area contributed by atoms with Crippen molar-refractivity contribution in [1.82, 2.24) is 15.0 Å². The van der Waals surface area contributed by atoms with E-state index in [1.807, 2.05) is 24.3 Å². The van der Waals surface area contributed by atoms with E-state index in [9.17, 15) is 0 Å². The van der Waals surface area contributed by atoms with Gasteiger partial charge in [-0.25, -0.2) is 0 Å². The maximum Gasteiger partial charge on any atom is 0.322 e. The van der Waals surface area contributed by atoms with Crippen LogP contribution in [0, 0.1) is 0 Å². The highest BCUT2D eigenvalue weighted by Gasteiger charge is 2.08. The summed E-state index contributed by atoms with van der Waals surface area (Å²) in [7, 11) is 1.49. The van der Waals surface area contributed by atoms with Crippen LogP contribution in [0.4, 0.5) is 34.6 Å². The molecule has 122 valence electrons. The highest BCUT2D eigenvalue weighted by molar-refractivity contribution is 5.62. The van der Waals surface area contributed by atoms with Crippen molar-refractivity contribution < 1.29 is 4.74 Å². The first-order valence-electron chi connectivity index (χ1n) is 7.17. The average molecular weight is 323 g/mol. The van der Waals surface area contributed by atoms with Gasteiger partial charge in [0.15, 0.2) is 0 Å². The molecule has 0 saturated carbocycles. The van der Waals surface area contributed by atoms with E-state index < -0.39 is 0 Å². The van der Waals surface area contributed by atoms with Gasteiger partial charge >= 0.3 is 6.01 Å². The smallest absolute Gasteiger partial charge is 0.322 e. The highest BCUT2D eigenvalue weighted by Crippen LogP contribution is 2.21. The average Bonchev–Trinajstić information content (AvgIpc) is 2.54. The third kappa shape index (κ3) is 3.80. The van der Waals surface area contributed by atoms with Crippen LogP contribution in [0.15, 0.2) is 48.5 Å². The first kappa shape index (κ1) is 15.3. The van der Waals surface area contributed by atoms with Gasteiger partial charge in [0.05, 0.1) is 7.11 Å². The molecule has 0 aliphatic rings. The molecular formula is C16H17N7O. The van der Waals surface area contributed by atoms with Gasteiger partial charge < -0.3 is 26.8 Å². The number of nitrogen functional groups attached to an aromatic ring is 2. The summed E-state index contributed by atoms with van der Waals surface area (Å²) in [6, 6.07) is 14.7. The second kappa shape index (κ2) is 6.69. The molecule has 8 nitrogen and oxygen atoms in total. The zero-order valence-electron chi connectivity index (χ0n) is 13.0. The van der Waals surface area contributed by atoms with Crippen molar-refractivity contribution >= 4 is 34.6 Å². The quantitative estimate of drug-likeness (QED) is 0.528. The van der Waals surface area contributed by atoms with Crippen LogP contribution >= 0.6 is 0 Å². The first-order valence-corrected chi connectivity index (χ1v) is 7.17. The van der Waals surface area contributed by atoms with Gasteiger partial charge in [0.2, 0.25) is 11.9 Å². The molecule has 0 amide bonds. The Bertz CT molecular complexity index is 788. The fourth-order valence-electron chi connectivity index (χ4n) is 2.05. The van der Waals surface area contributed by atoms with Gasteiger partial charge in [-0.3, -0.25) is 0 Å². The number of benzene rings is 2. The molecule has 24 heavy (non-hydrogen) atoms. The van der Waals surface area contributed by atoms with Crippen LogP contribution in [0.1, 0.15) is 0 Å². The summed E-state index contributed by atoms with van der Waals surface area (Å²) in [5.41, 5.74) is 14.3. The lowest BCUT2D eigenvalue weighted by Gasteiger charge is -2.10. The topological polar surface area (TPSA) is 124 Å². The Labute approximate surface area is 138 Å². The summed E-state index contributed by atoms with van der Waals surface area (Å²) < 4.78 is 5.13. The maximum atomic E-state index is 5.77. The second-order valence-electron chi connectivity index (χ2n) is 4.97. The van der Waals surface area contributed by atoms with E-state index in [-0.39, 0.29) is 6.01 Å². The Morgan fingerprint density at radius 1 is 0.792 bits per heavy atom. The van der Waals surface area contributed by atoms with Crippen molar-refractivity contribution in [2.75, 3.05) is 29.2 Å². The number of nitrogens with one attached hydrogen (secondary N) is 2. The molecule has 2 aromatic carbocycles. The van der Waals surface area contributed by atoms with Gasteiger partial charge in [-0.05, 0) is 36.4 Å². The normalized spacial score (nSPS) is 10.2. The van der Waals surface area contributed by atoms with Crippen molar-refractivity contribution in [1.29, 1.82) is 0 Å². The van der Waals surface area contributed by atoms with Gasteiger partial charge in [0.25, 0.3) is 0 Å². The van der Waals surface area contributed by atoms with Crippen LogP contribution < -0.4 is 26.8 Å². The van der Waals surface area contributed by atoms with Crippen LogP contribution in [0.25, 0.3) is 0 Å². The number of rotatable bonds is 5. The summed E-state index contributed by atoms with van der Waals surface area (Å²) in [6.45, 7) is 0. The predicted molar refractivity (Wildman–Crippen MR) is 94.7 cm³/mol. The van der Waals surface area contributed by atoms with Crippen LogP contribution in [0.3, 0.4) is 0 Å². The van der Waals surface area contributed by atoms with E-state index in [0.717, 1.165) is 11.4 Å². The van der Waals surface area contributed by atoms with E-state index in [1.165, 1.54) is 7.11 Å². The number of anilines is 6. The molecule has 8 heteroatoms. The van der Waals surface area contributed by atoms with Gasteiger partial charge in [0, 0.05) is 22.7 Å². The third-order valence-electron chi connectivity index (χ3n) is 3.08. The summed E-state index contributed by atoms with van der Waals surface area (Å²) in [4.78, 5) is 12.7. The lowest BCUT2D eigenvalue weighted by atomic mass is 10.3. The lowest BCUT2D eigenvalue weighted by molar-refractivity contribution is 0.380. The number of nitrogens with zero attached hydrogens (tertiary/aromatic N) is 3. The number of nitrogens with two attached hydrogens (primary N) is 2. The lowest BCUT2D eigenvalue weighted by Crippen LogP contribution is -2.06. The summed E-state index contributed by atoms with van der Waals surface area (Å²) in [5, 5.41) is 6.14. The van der Waals surface area contributed by atoms with E-state index in [0.29, 0.717) is 23.3 Å². The number of hydrogen-bond donors (Lipinski definition) is 4. The number of aromatic nitrogens is 3. The Balaban J connectivity index is 1.87. The number of methoxy groups -OCH3 is 1. The third-order valence-corrected chi connectivity index (χ3v) is 3.08. The second-order valence-corrected chi connectivity index (χ2v) is 4.97. The fourth-order valence-corrected chi connectivity index (χ4v) is 2.05. The molecule has 3 rings (SSSR count). The molecule has 0 radical (unpaired) electrons. The maximum absolute atomic E-state index is 5.77. The molecule has 0 unspecified atom stereocenters. The van der Waals surface area contributed by atoms with Gasteiger partial charge in [-0.2, -0.15) is 15.0 Å². The molecule has 1 aromatic heterocycles. The Morgan fingerprint density at radius 3 is 1.71 bits per heavy atom. The summed E-state index contributed by atoms with van der Waals surface area (Å²) >= 11 is 0. The number of ether oxygens (including phenoxy) is 1. The Kier molecular flexibility index (Phi) is 4.28. The van der Waals surface area contributed by atoms with E-state index in [2.05, 4.69) is 25.6 Å². The number of hydrogen-bond acceptors (Lipinski definition) is 8. The minimum atomic E-state index is 0.183. The minimum absolute atomic E-state index is 0.183. The fraction of sp³-hybridized carbons (Fsp3) is 0.0625. The van der Waals surface area contributed by atoms with Crippen LogP contribution in [-0.2, 0) is 0 Å². The molecule has 3 aromatic rings. The zero-order chi connectivity index (χ0) is 16.9. The minimum Gasteiger partial charge on any atom is -0.467 e. The van der Waals surface area contributed by atoms with Crippen molar-refractivity contribution in [2.24, 2.45) is 0 Å². The Hall–Kier alpha value is -3.55. The van der Waals surface area contributed by atoms with Crippen molar-refractivity contribution in [3.63, 3.8) is 0 Å². The molecule has 0 saturated heterocycles. The van der Waals surface area contributed by atoms with Crippen LogP contribution in [-0.4, -0.2) is 22.1 Å². The van der Waals surface area contributed by atoms with E-state index in [4.69, 9.17) is 16.2 Å². The van der Waals surface area contributed by atoms with E-state index >= 15 is 0 Å². The van der Waals surface area contributed by atoms with Gasteiger partial charge in [0.1, 0.15) is 0 Å². The van der Waals surface area contributed by atoms with Crippen molar-refractivity contribution in [3.8, 4) is 6.01 Å². The largest absolute Gasteiger partial charge is 0.467 e. The van der Waals surface area contributed by atoms with Gasteiger partial charge in [-0.15, -0.1) is 0 Å².